The second-order valence-corrected chi connectivity index (χ2v) is 8.56. The minimum Gasteiger partial charge on any atom is -0.345 e. The second kappa shape index (κ2) is 7.18. The third kappa shape index (κ3) is 3.59. The van der Waals surface area contributed by atoms with Crippen molar-refractivity contribution in [2.75, 3.05) is 26.2 Å². The van der Waals surface area contributed by atoms with Gasteiger partial charge in [0.1, 0.15) is 0 Å². The summed E-state index contributed by atoms with van der Waals surface area (Å²) in [6, 6.07) is 0.457. The van der Waals surface area contributed by atoms with Crippen molar-refractivity contribution in [3.8, 4) is 0 Å². The Morgan fingerprint density at radius 3 is 2.00 bits per heavy atom. The van der Waals surface area contributed by atoms with E-state index in [0.29, 0.717) is 38.0 Å². The zero-order valence-electron chi connectivity index (χ0n) is 15.4. The average molecular weight is 362 g/mol. The number of carbonyl (C=O) groups excluding carboxylic acids is 3. The number of carbonyl (C=O) groups is 3. The summed E-state index contributed by atoms with van der Waals surface area (Å²) in [5.74, 6) is 0.341. The van der Waals surface area contributed by atoms with E-state index < -0.39 is 11.8 Å². The van der Waals surface area contributed by atoms with Gasteiger partial charge in [-0.25, -0.2) is 0 Å². The fourth-order valence-corrected chi connectivity index (χ4v) is 5.00. The minimum absolute atomic E-state index is 0.0884. The summed E-state index contributed by atoms with van der Waals surface area (Å²) in [4.78, 5) is 40.5. The Bertz CT molecular complexity index is 569. The fraction of sp³-hybridized carbons (Fsp3) is 0.842. The van der Waals surface area contributed by atoms with Crippen LogP contribution in [0, 0.1) is 17.8 Å². The zero-order chi connectivity index (χ0) is 18.3. The highest BCUT2D eigenvalue weighted by Gasteiger charge is 2.42. The average Bonchev–Trinajstić information content (AvgIpc) is 3.44. The van der Waals surface area contributed by atoms with Gasteiger partial charge in [0.05, 0.1) is 0 Å². The van der Waals surface area contributed by atoms with E-state index in [2.05, 4.69) is 5.32 Å². The molecule has 2 unspecified atom stereocenters. The normalized spacial score (nSPS) is 34.3. The summed E-state index contributed by atoms with van der Waals surface area (Å²) in [7, 11) is 0. The van der Waals surface area contributed by atoms with Crippen molar-refractivity contribution in [3.05, 3.63) is 0 Å². The lowest BCUT2D eigenvalue weighted by Gasteiger charge is -2.45. The lowest BCUT2D eigenvalue weighted by Crippen LogP contribution is -2.56. The number of nitrogens with zero attached hydrogens (tertiary/aromatic N) is 2. The largest absolute Gasteiger partial charge is 0.345 e. The smallest absolute Gasteiger partial charge is 0.312 e. The maximum absolute atomic E-state index is 13.0. The number of hydrogen-bond acceptors (Lipinski definition) is 4. The summed E-state index contributed by atoms with van der Waals surface area (Å²) in [6.45, 7) is 1.95. The zero-order valence-corrected chi connectivity index (χ0v) is 15.4. The Balaban J connectivity index is 1.28. The van der Waals surface area contributed by atoms with Crippen LogP contribution in [0.15, 0.2) is 0 Å². The topological polar surface area (TPSA) is 95.7 Å². The Morgan fingerprint density at radius 1 is 0.846 bits per heavy atom. The van der Waals surface area contributed by atoms with Gasteiger partial charge in [-0.3, -0.25) is 14.4 Å². The maximum atomic E-state index is 13.0. The van der Waals surface area contributed by atoms with Crippen LogP contribution in [0.5, 0.6) is 0 Å². The first-order valence-electron chi connectivity index (χ1n) is 10.2. The van der Waals surface area contributed by atoms with Crippen molar-refractivity contribution in [2.24, 2.45) is 23.5 Å². The molecule has 1 aliphatic heterocycles. The van der Waals surface area contributed by atoms with Gasteiger partial charge in [0.2, 0.25) is 5.91 Å². The highest BCUT2D eigenvalue weighted by molar-refractivity contribution is 6.35. The molecule has 3 aliphatic carbocycles. The van der Waals surface area contributed by atoms with E-state index in [1.54, 1.807) is 4.90 Å². The minimum atomic E-state index is -0.499. The molecule has 3 saturated carbocycles. The van der Waals surface area contributed by atoms with Crippen LogP contribution in [0.3, 0.4) is 0 Å². The van der Waals surface area contributed by atoms with Gasteiger partial charge in [-0.05, 0) is 50.4 Å². The number of piperazine rings is 1. The predicted molar refractivity (Wildman–Crippen MR) is 95.9 cm³/mol. The molecule has 2 atom stereocenters. The van der Waals surface area contributed by atoms with Crippen LogP contribution in [0.4, 0.5) is 0 Å². The van der Waals surface area contributed by atoms with Gasteiger partial charge in [0.15, 0.2) is 0 Å². The molecule has 0 aromatic heterocycles. The van der Waals surface area contributed by atoms with Crippen LogP contribution in [-0.2, 0) is 14.4 Å². The molecule has 1 heterocycles. The van der Waals surface area contributed by atoms with Crippen LogP contribution in [0.1, 0.15) is 44.9 Å². The Hall–Kier alpha value is -1.63. The molecule has 7 nitrogen and oxygen atoms in total. The molecule has 4 aliphatic rings. The third-order valence-corrected chi connectivity index (χ3v) is 6.75. The quantitative estimate of drug-likeness (QED) is 0.681. The molecule has 7 heteroatoms. The van der Waals surface area contributed by atoms with E-state index in [-0.39, 0.29) is 23.9 Å². The molecular formula is C19H30N4O3. The van der Waals surface area contributed by atoms with Crippen molar-refractivity contribution >= 4 is 17.7 Å². The maximum Gasteiger partial charge on any atom is 0.312 e. The lowest BCUT2D eigenvalue weighted by molar-refractivity contribution is -0.149. The van der Waals surface area contributed by atoms with Gasteiger partial charge >= 0.3 is 11.8 Å². The first kappa shape index (κ1) is 17.8. The van der Waals surface area contributed by atoms with Crippen molar-refractivity contribution in [1.29, 1.82) is 0 Å². The molecule has 144 valence electrons. The summed E-state index contributed by atoms with van der Waals surface area (Å²) < 4.78 is 0. The highest BCUT2D eigenvalue weighted by Crippen LogP contribution is 2.42. The van der Waals surface area contributed by atoms with Crippen LogP contribution in [0.2, 0.25) is 0 Å². The van der Waals surface area contributed by atoms with Crippen LogP contribution in [0.25, 0.3) is 0 Å². The third-order valence-electron chi connectivity index (χ3n) is 6.75. The molecule has 26 heavy (non-hydrogen) atoms. The Kier molecular flexibility index (Phi) is 4.90. The monoisotopic (exact) mass is 362 g/mol. The summed E-state index contributed by atoms with van der Waals surface area (Å²) in [6.07, 6.45) is 7.31. The van der Waals surface area contributed by atoms with Crippen molar-refractivity contribution in [1.82, 2.24) is 15.1 Å². The molecule has 0 radical (unpaired) electrons. The van der Waals surface area contributed by atoms with Crippen molar-refractivity contribution in [3.63, 3.8) is 0 Å². The molecule has 1 saturated heterocycles. The molecule has 4 rings (SSSR count). The van der Waals surface area contributed by atoms with Gasteiger partial charge in [0, 0.05) is 44.2 Å². The van der Waals surface area contributed by atoms with Gasteiger partial charge in [-0.15, -0.1) is 0 Å². The summed E-state index contributed by atoms with van der Waals surface area (Å²) in [5, 5.41) is 2.74. The molecule has 4 fully saturated rings. The predicted octanol–water partition coefficient (Wildman–Crippen LogP) is 0.0894. The van der Waals surface area contributed by atoms with E-state index in [9.17, 15) is 14.4 Å². The number of amides is 3. The summed E-state index contributed by atoms with van der Waals surface area (Å²) >= 11 is 0. The lowest BCUT2D eigenvalue weighted by atomic mass is 9.65. The van der Waals surface area contributed by atoms with Crippen LogP contribution >= 0.6 is 0 Å². The second-order valence-electron chi connectivity index (χ2n) is 8.56. The van der Waals surface area contributed by atoms with Gasteiger partial charge in [0.25, 0.3) is 0 Å². The number of nitrogens with two attached hydrogens (primary N) is 1. The molecule has 0 aromatic rings. The number of nitrogens with one attached hydrogen (secondary N) is 1. The van der Waals surface area contributed by atoms with Gasteiger partial charge in [-0.2, -0.15) is 0 Å². The van der Waals surface area contributed by atoms with Crippen LogP contribution < -0.4 is 11.1 Å². The molecule has 0 spiro atoms. The van der Waals surface area contributed by atoms with Crippen molar-refractivity contribution < 1.29 is 14.4 Å². The SMILES string of the molecule is NC1C2CCCC1CC(C(=O)N1CCN(C(=O)C(=O)NC3CC3)CC1)C2. The molecule has 2 bridgehead atoms. The fourth-order valence-electron chi connectivity index (χ4n) is 5.00. The number of fused-ring (bicyclic) bond motifs is 2. The first-order chi connectivity index (χ1) is 12.5. The molecule has 3 amide bonds. The van der Waals surface area contributed by atoms with E-state index in [4.69, 9.17) is 5.73 Å². The van der Waals surface area contributed by atoms with E-state index in [0.717, 1.165) is 38.5 Å². The molecule has 0 aromatic carbocycles. The Morgan fingerprint density at radius 2 is 1.42 bits per heavy atom. The van der Waals surface area contributed by atoms with E-state index in [1.165, 1.54) is 6.42 Å². The molecule has 3 N–H and O–H groups in total. The van der Waals surface area contributed by atoms with Gasteiger partial charge < -0.3 is 20.9 Å². The first-order valence-corrected chi connectivity index (χ1v) is 10.2. The van der Waals surface area contributed by atoms with Crippen LogP contribution in [-0.4, -0.2) is 65.8 Å². The van der Waals surface area contributed by atoms with Gasteiger partial charge in [-0.1, -0.05) is 6.42 Å². The number of hydrogen-bond donors (Lipinski definition) is 2. The van der Waals surface area contributed by atoms with E-state index in [1.807, 2.05) is 4.90 Å². The standard InChI is InChI=1S/C19H30N4O3/c20-16-12-2-1-3-13(16)11-14(10-12)18(25)22-6-8-23(9-7-22)19(26)17(24)21-15-4-5-15/h12-16H,1-11,20H2,(H,21,24). The summed E-state index contributed by atoms with van der Waals surface area (Å²) in [5.41, 5.74) is 6.34. The number of rotatable bonds is 2. The Labute approximate surface area is 154 Å². The molecular weight excluding hydrogens is 332 g/mol. The van der Waals surface area contributed by atoms with Crippen molar-refractivity contribution in [2.45, 2.75) is 57.0 Å². The van der Waals surface area contributed by atoms with E-state index >= 15 is 0 Å². The highest BCUT2D eigenvalue weighted by atomic mass is 16.2.